The van der Waals surface area contributed by atoms with Gasteiger partial charge in [0.05, 0.1) is 18.8 Å². The average Bonchev–Trinajstić information content (AvgIpc) is 3.19. The highest BCUT2D eigenvalue weighted by Gasteiger charge is 2.19. The highest BCUT2D eigenvalue weighted by molar-refractivity contribution is 6.08. The first kappa shape index (κ1) is 19.2. The number of para-hydroxylation sites is 1. The number of hydrogen-bond acceptors (Lipinski definition) is 5. The zero-order valence-corrected chi connectivity index (χ0v) is 16.1. The van der Waals surface area contributed by atoms with Gasteiger partial charge in [-0.15, -0.1) is 0 Å². The van der Waals surface area contributed by atoms with Crippen LogP contribution in [0.15, 0.2) is 77.4 Å². The van der Waals surface area contributed by atoms with Gasteiger partial charge in [0.1, 0.15) is 12.1 Å². The van der Waals surface area contributed by atoms with E-state index in [1.54, 1.807) is 30.5 Å². The molecule has 1 aromatic heterocycles. The van der Waals surface area contributed by atoms with Gasteiger partial charge in [0.25, 0.3) is 5.91 Å². The van der Waals surface area contributed by atoms with Crippen LogP contribution in [0.2, 0.25) is 0 Å². The molecule has 0 atom stereocenters. The minimum Gasteiger partial charge on any atom is -0.464 e. The first-order chi connectivity index (χ1) is 14.7. The number of hydrogen-bond donors (Lipinski definition) is 0. The molecule has 0 radical (unpaired) electrons. The molecule has 0 aliphatic rings. The number of furan rings is 1. The van der Waals surface area contributed by atoms with E-state index in [4.69, 9.17) is 14.4 Å². The molecule has 0 unspecified atom stereocenters. The molecule has 0 saturated carbocycles. The van der Waals surface area contributed by atoms with Crippen LogP contribution in [0.4, 0.5) is 5.69 Å². The molecule has 0 aliphatic heterocycles. The Hall–Kier alpha value is -4.11. The lowest BCUT2D eigenvalue weighted by molar-refractivity contribution is -0.147. The van der Waals surface area contributed by atoms with E-state index in [0.717, 1.165) is 16.2 Å². The summed E-state index contributed by atoms with van der Waals surface area (Å²) >= 11 is 0. The first-order valence-electron chi connectivity index (χ1n) is 9.43. The Morgan fingerprint density at radius 1 is 1.00 bits per heavy atom. The van der Waals surface area contributed by atoms with Crippen LogP contribution in [0.1, 0.15) is 5.56 Å². The van der Waals surface area contributed by atoms with Gasteiger partial charge in [-0.2, -0.15) is 5.26 Å². The molecule has 0 spiro atoms. The minimum atomic E-state index is -0.538. The van der Waals surface area contributed by atoms with Crippen molar-refractivity contribution in [1.82, 2.24) is 0 Å². The van der Waals surface area contributed by atoms with E-state index in [0.29, 0.717) is 16.8 Å². The summed E-state index contributed by atoms with van der Waals surface area (Å²) in [6.45, 7) is -0.565. The van der Waals surface area contributed by atoms with Crippen molar-refractivity contribution in [2.75, 3.05) is 18.1 Å². The number of nitriles is 1. The molecule has 0 N–H and O–H groups in total. The van der Waals surface area contributed by atoms with Crippen molar-refractivity contribution in [1.29, 1.82) is 5.26 Å². The van der Waals surface area contributed by atoms with E-state index in [2.05, 4.69) is 0 Å². The molecule has 3 aromatic carbocycles. The second-order valence-electron chi connectivity index (χ2n) is 6.73. The third kappa shape index (κ3) is 3.87. The zero-order chi connectivity index (χ0) is 20.9. The van der Waals surface area contributed by atoms with Gasteiger partial charge in [0, 0.05) is 16.6 Å². The number of rotatable bonds is 6. The Labute approximate surface area is 172 Å². The van der Waals surface area contributed by atoms with Gasteiger partial charge in [-0.3, -0.25) is 14.5 Å². The quantitative estimate of drug-likeness (QED) is 0.359. The second-order valence-corrected chi connectivity index (χ2v) is 6.73. The molecular formula is C24H18N2O4. The lowest BCUT2D eigenvalue weighted by Crippen LogP contribution is -2.35. The van der Waals surface area contributed by atoms with Gasteiger partial charge in [-0.1, -0.05) is 48.5 Å². The number of nitrogens with zero attached hydrogens (tertiary/aromatic N) is 2. The average molecular weight is 398 g/mol. The third-order valence-corrected chi connectivity index (χ3v) is 4.83. The van der Waals surface area contributed by atoms with Crippen LogP contribution in [0.5, 0.6) is 0 Å². The number of ether oxygens (including phenoxy) is 1. The number of carbonyl (C=O) groups excluding carboxylic acids is 2. The van der Waals surface area contributed by atoms with Crippen LogP contribution in [0.3, 0.4) is 0 Å². The van der Waals surface area contributed by atoms with Crippen LogP contribution in [-0.2, 0) is 20.7 Å². The standard InChI is InChI=1S/C24H18N2O4/c25-12-13-26(19-7-2-1-3-8-19)22(27)16-30-23(28)14-18-15-29-21-11-10-17-6-4-5-9-20(17)24(18)21/h1-11,15H,13-14,16H2. The van der Waals surface area contributed by atoms with Crippen LogP contribution in [0, 0.1) is 11.3 Å². The minimum absolute atomic E-state index is 0.0160. The number of esters is 1. The SMILES string of the molecule is N#CCN(C(=O)COC(=O)Cc1coc2ccc3ccccc3c12)c1ccccc1. The molecule has 4 aromatic rings. The van der Waals surface area contributed by atoms with Crippen molar-refractivity contribution in [2.24, 2.45) is 0 Å². The number of benzene rings is 3. The Kier molecular flexibility index (Phi) is 5.44. The normalized spacial score (nSPS) is 10.6. The van der Waals surface area contributed by atoms with Gasteiger partial charge in [0.15, 0.2) is 6.61 Å². The van der Waals surface area contributed by atoms with Gasteiger partial charge in [-0.25, -0.2) is 0 Å². The van der Waals surface area contributed by atoms with Gasteiger partial charge in [-0.05, 0) is 29.0 Å². The van der Waals surface area contributed by atoms with Gasteiger partial charge >= 0.3 is 5.97 Å². The molecule has 0 saturated heterocycles. The summed E-state index contributed by atoms with van der Waals surface area (Å²) in [6, 6.07) is 22.5. The maximum atomic E-state index is 12.5. The number of fused-ring (bicyclic) bond motifs is 3. The second kappa shape index (κ2) is 8.50. The molecule has 0 fully saturated rings. The number of anilines is 1. The Morgan fingerprint density at radius 3 is 2.57 bits per heavy atom. The van der Waals surface area contributed by atoms with Crippen molar-refractivity contribution in [2.45, 2.75) is 6.42 Å². The summed E-state index contributed by atoms with van der Waals surface area (Å²) < 4.78 is 10.8. The van der Waals surface area contributed by atoms with E-state index in [1.807, 2.05) is 48.5 Å². The van der Waals surface area contributed by atoms with Crippen LogP contribution >= 0.6 is 0 Å². The van der Waals surface area contributed by atoms with E-state index in [-0.39, 0.29) is 13.0 Å². The summed E-state index contributed by atoms with van der Waals surface area (Å²) in [5.74, 6) is -0.998. The summed E-state index contributed by atoms with van der Waals surface area (Å²) in [4.78, 5) is 26.2. The predicted molar refractivity (Wildman–Crippen MR) is 113 cm³/mol. The molecular weight excluding hydrogens is 380 g/mol. The number of amides is 1. The van der Waals surface area contributed by atoms with Gasteiger partial charge < -0.3 is 9.15 Å². The largest absolute Gasteiger partial charge is 0.464 e. The van der Waals surface area contributed by atoms with E-state index < -0.39 is 18.5 Å². The zero-order valence-electron chi connectivity index (χ0n) is 16.1. The van der Waals surface area contributed by atoms with Crippen molar-refractivity contribution in [3.63, 3.8) is 0 Å². The van der Waals surface area contributed by atoms with Crippen molar-refractivity contribution < 1.29 is 18.7 Å². The summed E-state index contributed by atoms with van der Waals surface area (Å²) in [5, 5.41) is 11.9. The van der Waals surface area contributed by atoms with E-state index in [1.165, 1.54) is 4.90 Å². The maximum Gasteiger partial charge on any atom is 0.310 e. The topological polar surface area (TPSA) is 83.5 Å². The summed E-state index contributed by atoms with van der Waals surface area (Å²) in [5.41, 5.74) is 1.97. The monoisotopic (exact) mass is 398 g/mol. The molecule has 148 valence electrons. The molecule has 0 bridgehead atoms. The lowest BCUT2D eigenvalue weighted by atomic mass is 10.0. The predicted octanol–water partition coefficient (Wildman–Crippen LogP) is 4.23. The van der Waals surface area contributed by atoms with Crippen molar-refractivity contribution in [3.8, 4) is 6.07 Å². The molecule has 30 heavy (non-hydrogen) atoms. The molecule has 1 amide bonds. The number of carbonyl (C=O) groups is 2. The molecule has 4 rings (SSSR count). The molecule has 6 heteroatoms. The smallest absolute Gasteiger partial charge is 0.310 e. The fraction of sp³-hybridized carbons (Fsp3) is 0.125. The molecule has 0 aliphatic carbocycles. The highest BCUT2D eigenvalue weighted by atomic mass is 16.5. The first-order valence-corrected chi connectivity index (χ1v) is 9.43. The van der Waals surface area contributed by atoms with Crippen molar-refractivity contribution in [3.05, 3.63) is 78.6 Å². The van der Waals surface area contributed by atoms with E-state index >= 15 is 0 Å². The van der Waals surface area contributed by atoms with Gasteiger partial charge in [0.2, 0.25) is 0 Å². The maximum absolute atomic E-state index is 12.5. The lowest BCUT2D eigenvalue weighted by Gasteiger charge is -2.19. The molecule has 1 heterocycles. The highest BCUT2D eigenvalue weighted by Crippen LogP contribution is 2.30. The Balaban J connectivity index is 1.47. The molecule has 6 nitrogen and oxygen atoms in total. The summed E-state index contributed by atoms with van der Waals surface area (Å²) in [7, 11) is 0. The van der Waals surface area contributed by atoms with Crippen LogP contribution in [-0.4, -0.2) is 25.0 Å². The van der Waals surface area contributed by atoms with Crippen molar-refractivity contribution >= 4 is 39.3 Å². The fourth-order valence-corrected chi connectivity index (χ4v) is 3.43. The van der Waals surface area contributed by atoms with E-state index in [9.17, 15) is 9.59 Å². The third-order valence-electron chi connectivity index (χ3n) is 4.83. The summed E-state index contributed by atoms with van der Waals surface area (Å²) in [6.07, 6.45) is 1.53. The Bertz CT molecular complexity index is 1250. The Morgan fingerprint density at radius 2 is 1.77 bits per heavy atom. The van der Waals surface area contributed by atoms with Crippen LogP contribution in [0.25, 0.3) is 21.7 Å². The van der Waals surface area contributed by atoms with Crippen LogP contribution < -0.4 is 4.90 Å². The fourth-order valence-electron chi connectivity index (χ4n) is 3.43.